The largest absolute Gasteiger partial charge is 0.508 e. The van der Waals surface area contributed by atoms with Crippen LogP contribution in [-0.4, -0.2) is 54.8 Å². The number of thiophene rings is 1. The Bertz CT molecular complexity index is 955. The summed E-state index contributed by atoms with van der Waals surface area (Å²) in [5, 5.41) is 11.2. The van der Waals surface area contributed by atoms with E-state index < -0.39 is 10.0 Å². The van der Waals surface area contributed by atoms with E-state index in [9.17, 15) is 18.3 Å². The van der Waals surface area contributed by atoms with Gasteiger partial charge in [0.15, 0.2) is 0 Å². The SMILES string of the molecule is O=C(c1sccc1S(=O)(=O)N1CCCCC1)N1CCC(c2ccc(O)cc2)CC1. The molecule has 0 radical (unpaired) electrons. The highest BCUT2D eigenvalue weighted by atomic mass is 32.2. The van der Waals surface area contributed by atoms with Crippen LogP contribution in [0.25, 0.3) is 0 Å². The zero-order chi connectivity index (χ0) is 20.4. The van der Waals surface area contributed by atoms with E-state index in [1.54, 1.807) is 28.5 Å². The molecule has 8 heteroatoms. The standard InChI is InChI=1S/C21H26N2O4S2/c24-18-6-4-16(5-7-18)17-8-13-22(14-9-17)21(25)20-19(10-15-28-20)29(26,27)23-11-2-1-3-12-23/h4-7,10,15,17,24H,1-3,8-9,11-14H2. The van der Waals surface area contributed by atoms with E-state index in [1.807, 2.05) is 12.1 Å². The molecule has 3 heterocycles. The Hall–Kier alpha value is -1.90. The van der Waals surface area contributed by atoms with Crippen molar-refractivity contribution in [3.63, 3.8) is 0 Å². The number of phenolic OH excluding ortho intramolecular Hbond substituents is 1. The van der Waals surface area contributed by atoms with E-state index >= 15 is 0 Å². The first-order valence-corrected chi connectivity index (χ1v) is 12.4. The molecule has 1 aromatic heterocycles. The number of piperidine rings is 2. The molecule has 0 saturated carbocycles. The molecule has 2 aromatic rings. The van der Waals surface area contributed by atoms with Crippen molar-refractivity contribution in [2.24, 2.45) is 0 Å². The van der Waals surface area contributed by atoms with Gasteiger partial charge in [-0.15, -0.1) is 11.3 Å². The molecular formula is C21H26N2O4S2. The van der Waals surface area contributed by atoms with Crippen LogP contribution < -0.4 is 0 Å². The van der Waals surface area contributed by atoms with Crippen molar-refractivity contribution in [3.8, 4) is 5.75 Å². The fourth-order valence-electron chi connectivity index (χ4n) is 4.21. The van der Waals surface area contributed by atoms with Crippen LogP contribution in [0, 0.1) is 0 Å². The molecule has 29 heavy (non-hydrogen) atoms. The van der Waals surface area contributed by atoms with E-state index in [0.29, 0.717) is 37.0 Å². The van der Waals surface area contributed by atoms with Crippen molar-refractivity contribution in [2.75, 3.05) is 26.2 Å². The molecule has 0 atom stereocenters. The van der Waals surface area contributed by atoms with Crippen molar-refractivity contribution in [2.45, 2.75) is 42.9 Å². The zero-order valence-electron chi connectivity index (χ0n) is 16.3. The van der Waals surface area contributed by atoms with E-state index in [1.165, 1.54) is 21.2 Å². The second-order valence-corrected chi connectivity index (χ2v) is 10.6. The number of hydrogen-bond acceptors (Lipinski definition) is 5. The van der Waals surface area contributed by atoms with Gasteiger partial charge in [-0.3, -0.25) is 4.79 Å². The maximum absolute atomic E-state index is 13.1. The highest BCUT2D eigenvalue weighted by Crippen LogP contribution is 2.32. The molecule has 1 amide bonds. The second kappa shape index (κ2) is 8.45. The lowest BCUT2D eigenvalue weighted by Crippen LogP contribution is -2.39. The summed E-state index contributed by atoms with van der Waals surface area (Å²) >= 11 is 1.22. The smallest absolute Gasteiger partial charge is 0.265 e. The topological polar surface area (TPSA) is 77.9 Å². The number of rotatable bonds is 4. The number of hydrogen-bond donors (Lipinski definition) is 1. The van der Waals surface area contributed by atoms with Crippen molar-refractivity contribution >= 4 is 27.3 Å². The summed E-state index contributed by atoms with van der Waals surface area (Å²) in [5.74, 6) is 0.417. The number of phenols is 1. The lowest BCUT2D eigenvalue weighted by molar-refractivity contribution is 0.0714. The monoisotopic (exact) mass is 434 g/mol. The van der Waals surface area contributed by atoms with Crippen LogP contribution in [0.3, 0.4) is 0 Å². The van der Waals surface area contributed by atoms with Crippen LogP contribution in [0.1, 0.15) is 53.3 Å². The van der Waals surface area contributed by atoms with Gasteiger partial charge < -0.3 is 10.0 Å². The van der Waals surface area contributed by atoms with Crippen molar-refractivity contribution in [1.82, 2.24) is 9.21 Å². The summed E-state index contributed by atoms with van der Waals surface area (Å²) in [6.07, 6.45) is 4.46. The predicted octanol–water partition coefficient (Wildman–Crippen LogP) is 3.65. The van der Waals surface area contributed by atoms with Gasteiger partial charge in [-0.05, 0) is 60.7 Å². The number of likely N-dealkylation sites (tertiary alicyclic amines) is 1. The van der Waals surface area contributed by atoms with Crippen molar-refractivity contribution < 1.29 is 18.3 Å². The average molecular weight is 435 g/mol. The third-order valence-corrected chi connectivity index (χ3v) is 8.88. The Morgan fingerprint density at radius 2 is 1.62 bits per heavy atom. The van der Waals surface area contributed by atoms with Crippen molar-refractivity contribution in [3.05, 3.63) is 46.2 Å². The number of carbonyl (C=O) groups is 1. The summed E-state index contributed by atoms with van der Waals surface area (Å²) in [6.45, 7) is 2.27. The van der Waals surface area contributed by atoms with Crippen LogP contribution in [0.15, 0.2) is 40.6 Å². The predicted molar refractivity (Wildman–Crippen MR) is 113 cm³/mol. The molecule has 2 aliphatic heterocycles. The van der Waals surface area contributed by atoms with Gasteiger partial charge in [0.25, 0.3) is 5.91 Å². The van der Waals surface area contributed by atoms with E-state index in [0.717, 1.165) is 32.1 Å². The second-order valence-electron chi connectivity index (χ2n) is 7.74. The molecule has 2 aliphatic rings. The molecule has 0 unspecified atom stereocenters. The fraction of sp³-hybridized carbons (Fsp3) is 0.476. The highest BCUT2D eigenvalue weighted by Gasteiger charge is 2.33. The minimum atomic E-state index is -3.62. The van der Waals surface area contributed by atoms with Crippen LogP contribution in [0.5, 0.6) is 5.75 Å². The van der Waals surface area contributed by atoms with Crippen LogP contribution in [0.4, 0.5) is 0 Å². The van der Waals surface area contributed by atoms with Gasteiger partial charge in [0.05, 0.1) is 0 Å². The van der Waals surface area contributed by atoms with Gasteiger partial charge in [-0.2, -0.15) is 4.31 Å². The first-order chi connectivity index (χ1) is 14.0. The van der Waals surface area contributed by atoms with Gasteiger partial charge in [0, 0.05) is 26.2 Å². The molecule has 156 valence electrons. The summed E-state index contributed by atoms with van der Waals surface area (Å²) in [4.78, 5) is 15.4. The molecular weight excluding hydrogens is 408 g/mol. The first-order valence-electron chi connectivity index (χ1n) is 10.1. The Labute approximate surface area is 175 Å². The molecule has 1 N–H and O–H groups in total. The van der Waals surface area contributed by atoms with Gasteiger partial charge in [0.2, 0.25) is 10.0 Å². The minimum Gasteiger partial charge on any atom is -0.508 e. The van der Waals surface area contributed by atoms with Gasteiger partial charge >= 0.3 is 0 Å². The summed E-state index contributed by atoms with van der Waals surface area (Å²) in [7, 11) is -3.62. The van der Waals surface area contributed by atoms with Crippen LogP contribution in [-0.2, 0) is 10.0 Å². The molecule has 0 bridgehead atoms. The number of sulfonamides is 1. The summed E-state index contributed by atoms with van der Waals surface area (Å²) < 4.78 is 27.6. The summed E-state index contributed by atoms with van der Waals surface area (Å²) in [5.41, 5.74) is 1.17. The van der Waals surface area contributed by atoms with Crippen LogP contribution >= 0.6 is 11.3 Å². The average Bonchev–Trinajstić information content (AvgIpc) is 3.25. The van der Waals surface area contributed by atoms with Gasteiger partial charge in [-0.25, -0.2) is 8.42 Å². The lowest BCUT2D eigenvalue weighted by Gasteiger charge is -2.32. The van der Waals surface area contributed by atoms with E-state index in [2.05, 4.69) is 0 Å². The first kappa shape index (κ1) is 20.4. The molecule has 1 aromatic carbocycles. The van der Waals surface area contributed by atoms with E-state index in [-0.39, 0.29) is 16.6 Å². The molecule has 0 spiro atoms. The molecule has 2 saturated heterocycles. The van der Waals surface area contributed by atoms with Gasteiger partial charge in [0.1, 0.15) is 15.5 Å². The number of nitrogens with zero attached hydrogens (tertiary/aromatic N) is 2. The summed E-state index contributed by atoms with van der Waals surface area (Å²) in [6, 6.07) is 8.82. The normalized spacial score (nSPS) is 19.4. The number of amides is 1. The Morgan fingerprint density at radius 3 is 2.28 bits per heavy atom. The Kier molecular flexibility index (Phi) is 5.94. The number of carbonyl (C=O) groups excluding carboxylic acids is 1. The lowest BCUT2D eigenvalue weighted by atomic mass is 9.89. The quantitative estimate of drug-likeness (QED) is 0.797. The maximum atomic E-state index is 13.1. The zero-order valence-corrected chi connectivity index (χ0v) is 17.9. The third-order valence-electron chi connectivity index (χ3n) is 5.90. The number of aromatic hydroxyl groups is 1. The van der Waals surface area contributed by atoms with Crippen molar-refractivity contribution in [1.29, 1.82) is 0 Å². The van der Waals surface area contributed by atoms with E-state index in [4.69, 9.17) is 0 Å². The van der Waals surface area contributed by atoms with Crippen LogP contribution in [0.2, 0.25) is 0 Å². The highest BCUT2D eigenvalue weighted by molar-refractivity contribution is 7.89. The fourth-order valence-corrected chi connectivity index (χ4v) is 7.09. The number of benzene rings is 1. The van der Waals surface area contributed by atoms with Gasteiger partial charge in [-0.1, -0.05) is 18.6 Å². The minimum absolute atomic E-state index is 0.162. The molecule has 0 aliphatic carbocycles. The molecule has 4 rings (SSSR count). The Balaban J connectivity index is 1.46. The molecule has 2 fully saturated rings. The maximum Gasteiger partial charge on any atom is 0.265 e. The third kappa shape index (κ3) is 4.20. The Morgan fingerprint density at radius 1 is 0.966 bits per heavy atom. The molecule has 6 nitrogen and oxygen atoms in total.